The second kappa shape index (κ2) is 5.32. The number of anilines is 2. The predicted molar refractivity (Wildman–Crippen MR) is 73.4 cm³/mol. The van der Waals surface area contributed by atoms with Crippen molar-refractivity contribution in [2.75, 3.05) is 22.4 Å². The van der Waals surface area contributed by atoms with Crippen molar-refractivity contribution < 1.29 is 25.9 Å². The third-order valence-electron chi connectivity index (χ3n) is 2.83. The van der Waals surface area contributed by atoms with Gasteiger partial charge in [-0.05, 0) is 6.42 Å². The van der Waals surface area contributed by atoms with Crippen LogP contribution in [-0.4, -0.2) is 47.1 Å². The molecule has 4 N–H and O–H groups in total. The van der Waals surface area contributed by atoms with Gasteiger partial charge in [0.15, 0.2) is 5.82 Å². The molecule has 1 aliphatic rings. The smallest absolute Gasteiger partial charge is 0.292 e. The molecule has 120 valence electrons. The van der Waals surface area contributed by atoms with E-state index in [9.17, 15) is 21.6 Å². The molecule has 0 aromatic carbocycles. The van der Waals surface area contributed by atoms with Crippen molar-refractivity contribution >= 4 is 31.7 Å². The average Bonchev–Trinajstić information content (AvgIpc) is 2.85. The maximum Gasteiger partial charge on any atom is 0.292 e. The number of hydrogen-bond donors (Lipinski definition) is 4. The summed E-state index contributed by atoms with van der Waals surface area (Å²) < 4.78 is 63.2. The van der Waals surface area contributed by atoms with Crippen LogP contribution >= 0.6 is 0 Å². The molecule has 0 amide bonds. The van der Waals surface area contributed by atoms with E-state index in [-0.39, 0.29) is 11.5 Å². The van der Waals surface area contributed by atoms with Crippen molar-refractivity contribution in [1.82, 2.24) is 9.36 Å². The molecule has 21 heavy (non-hydrogen) atoms. The highest BCUT2D eigenvalue weighted by Gasteiger charge is 2.24. The highest BCUT2D eigenvalue weighted by molar-refractivity contribution is 7.86. The minimum absolute atomic E-state index is 0.0405. The van der Waals surface area contributed by atoms with Gasteiger partial charge in [0, 0.05) is 13.1 Å². The Morgan fingerprint density at radius 3 is 2.05 bits per heavy atom. The number of aromatic nitrogens is 2. The third kappa shape index (κ3) is 3.75. The van der Waals surface area contributed by atoms with Crippen LogP contribution in [0.1, 0.15) is 6.42 Å². The normalized spacial score (nSPS) is 15.0. The number of rotatable bonds is 6. The van der Waals surface area contributed by atoms with E-state index in [4.69, 9.17) is 9.11 Å². The molecule has 0 bridgehead atoms. The topological polar surface area (TPSA) is 160 Å². The lowest BCUT2D eigenvalue weighted by Crippen LogP contribution is -2.21. The molecule has 0 aliphatic carbocycles. The Bertz CT molecular complexity index is 804. The summed E-state index contributed by atoms with van der Waals surface area (Å²) in [5.41, 5.74) is -0.732. The summed E-state index contributed by atoms with van der Waals surface area (Å²) in [5.74, 6) is -1.69. The Labute approximate surface area is 120 Å². The first kappa shape index (κ1) is 15.8. The summed E-state index contributed by atoms with van der Waals surface area (Å²) in [6, 6.07) is 0. The summed E-state index contributed by atoms with van der Waals surface area (Å²) in [5, 5.41) is 4.63. The number of nitrogens with one attached hydrogen (secondary N) is 2. The maximum absolute atomic E-state index is 12.1. The van der Waals surface area contributed by atoms with Crippen LogP contribution < -0.4 is 16.2 Å². The van der Waals surface area contributed by atoms with Crippen molar-refractivity contribution in [2.45, 2.75) is 19.5 Å². The van der Waals surface area contributed by atoms with Gasteiger partial charge in [0.25, 0.3) is 25.8 Å². The molecular formula is C8H14N4O7S2. The first-order chi connectivity index (χ1) is 9.58. The molecule has 2 heterocycles. The van der Waals surface area contributed by atoms with Crippen molar-refractivity contribution in [1.29, 1.82) is 0 Å². The van der Waals surface area contributed by atoms with E-state index in [1.807, 2.05) is 0 Å². The summed E-state index contributed by atoms with van der Waals surface area (Å²) >= 11 is 0. The Balaban J connectivity index is 2.36. The lowest BCUT2D eigenvalue weighted by atomic mass is 10.4. The van der Waals surface area contributed by atoms with Gasteiger partial charge in [0.1, 0.15) is 17.4 Å². The van der Waals surface area contributed by atoms with Gasteiger partial charge in [-0.25, -0.2) is 4.68 Å². The highest BCUT2D eigenvalue weighted by atomic mass is 32.2. The first-order valence-electron chi connectivity index (χ1n) is 5.80. The molecule has 1 aromatic heterocycles. The second-order valence-electron chi connectivity index (χ2n) is 4.43. The van der Waals surface area contributed by atoms with Crippen molar-refractivity contribution in [3.05, 3.63) is 10.4 Å². The Morgan fingerprint density at radius 2 is 1.48 bits per heavy atom. The Hall–Kier alpha value is -1.57. The van der Waals surface area contributed by atoms with Crippen molar-refractivity contribution in [2.24, 2.45) is 0 Å². The van der Waals surface area contributed by atoms with Gasteiger partial charge in [0.05, 0.1) is 0 Å². The number of hydrogen-bond acceptors (Lipinski definition) is 7. The predicted octanol–water partition coefficient (Wildman–Crippen LogP) is -1.43. The molecule has 13 heteroatoms. The zero-order valence-corrected chi connectivity index (χ0v) is 12.3. The number of fused-ring (bicyclic) bond motifs is 1. The summed E-state index contributed by atoms with van der Waals surface area (Å²) in [7, 11) is -8.68. The van der Waals surface area contributed by atoms with Crippen molar-refractivity contribution in [3.63, 3.8) is 0 Å². The van der Waals surface area contributed by atoms with E-state index < -0.39 is 37.5 Å². The lowest BCUT2D eigenvalue weighted by Gasteiger charge is -2.10. The molecule has 0 unspecified atom stereocenters. The molecule has 0 radical (unpaired) electrons. The average molecular weight is 342 g/mol. The largest absolute Gasteiger partial charge is 0.362 e. The van der Waals surface area contributed by atoms with Gasteiger partial charge in [-0.1, -0.05) is 0 Å². The Morgan fingerprint density at radius 1 is 0.952 bits per heavy atom. The summed E-state index contributed by atoms with van der Waals surface area (Å²) in [4.78, 5) is 12.1. The summed E-state index contributed by atoms with van der Waals surface area (Å²) in [6.45, 7) is 0.823. The van der Waals surface area contributed by atoms with E-state index in [0.717, 1.165) is 0 Å². The van der Waals surface area contributed by atoms with Crippen LogP contribution in [0.4, 0.5) is 11.5 Å². The fourth-order valence-corrected chi connectivity index (χ4v) is 2.72. The summed E-state index contributed by atoms with van der Waals surface area (Å²) in [6.07, 6.45) is 0.661. The van der Waals surface area contributed by atoms with Gasteiger partial charge in [-0.2, -0.15) is 16.8 Å². The number of nitrogens with zero attached hydrogens (tertiary/aromatic N) is 2. The molecule has 1 aromatic rings. The fourth-order valence-electron chi connectivity index (χ4n) is 2.08. The van der Waals surface area contributed by atoms with Crippen LogP contribution in [0.3, 0.4) is 0 Å². The van der Waals surface area contributed by atoms with Crippen LogP contribution in [-0.2, 0) is 33.3 Å². The van der Waals surface area contributed by atoms with Crippen LogP contribution in [0.15, 0.2) is 4.79 Å². The van der Waals surface area contributed by atoms with Crippen LogP contribution in [0.25, 0.3) is 0 Å². The monoisotopic (exact) mass is 342 g/mol. The van der Waals surface area contributed by atoms with Gasteiger partial charge in [0.2, 0.25) is 0 Å². The zero-order valence-electron chi connectivity index (χ0n) is 10.7. The first-order valence-corrected chi connectivity index (χ1v) is 9.02. The van der Waals surface area contributed by atoms with Crippen LogP contribution in [0.2, 0.25) is 0 Å². The Kier molecular flexibility index (Phi) is 4.01. The fraction of sp³-hybridized carbons (Fsp3) is 0.625. The molecule has 0 atom stereocenters. The van der Waals surface area contributed by atoms with E-state index in [2.05, 4.69) is 10.6 Å². The molecular weight excluding hydrogens is 328 g/mol. The van der Waals surface area contributed by atoms with E-state index >= 15 is 0 Å². The molecule has 2 rings (SSSR count). The minimum Gasteiger partial charge on any atom is -0.362 e. The van der Waals surface area contributed by atoms with Gasteiger partial charge in [-0.15, -0.1) is 0 Å². The van der Waals surface area contributed by atoms with E-state index in [0.29, 0.717) is 19.5 Å². The van der Waals surface area contributed by atoms with E-state index in [1.54, 1.807) is 0 Å². The lowest BCUT2D eigenvalue weighted by molar-refractivity contribution is 0.482. The zero-order chi connectivity index (χ0) is 15.8. The highest BCUT2D eigenvalue weighted by Crippen LogP contribution is 2.23. The second-order valence-corrected chi connectivity index (χ2v) is 7.34. The van der Waals surface area contributed by atoms with Crippen LogP contribution in [0, 0.1) is 0 Å². The molecule has 11 nitrogen and oxygen atoms in total. The standard InChI is InChI=1S/C8H14N4O7S2/c13-8-6(9-4-20(14,15)16)7(10-5-21(17,18)19)11-2-1-3-12(8)11/h9-10H,1-5H2,(H,14,15,16)(H,17,18,19). The molecule has 0 fully saturated rings. The molecule has 1 aliphatic heterocycles. The molecule has 0 saturated carbocycles. The van der Waals surface area contributed by atoms with Gasteiger partial charge >= 0.3 is 0 Å². The maximum atomic E-state index is 12.1. The van der Waals surface area contributed by atoms with Crippen LogP contribution in [0.5, 0.6) is 0 Å². The minimum atomic E-state index is -4.36. The van der Waals surface area contributed by atoms with E-state index in [1.165, 1.54) is 9.36 Å². The van der Waals surface area contributed by atoms with Gasteiger partial charge < -0.3 is 10.6 Å². The third-order valence-corrected chi connectivity index (χ3v) is 3.85. The SMILES string of the molecule is O=c1c(NCS(=O)(=O)O)c(NCS(=O)(=O)O)n2n1CCC2. The van der Waals surface area contributed by atoms with Crippen molar-refractivity contribution in [3.8, 4) is 0 Å². The molecule has 0 saturated heterocycles. The quantitative estimate of drug-likeness (QED) is 0.454. The van der Waals surface area contributed by atoms with Gasteiger partial charge in [-0.3, -0.25) is 18.6 Å². The molecule has 0 spiro atoms.